The topological polar surface area (TPSA) is 96.4 Å². The van der Waals surface area contributed by atoms with E-state index in [4.69, 9.17) is 0 Å². The van der Waals surface area contributed by atoms with Crippen molar-refractivity contribution in [2.45, 2.75) is 83.7 Å². The molecule has 280 valence electrons. The minimum Gasteiger partial charge on any atom is -0.508 e. The fourth-order valence-corrected chi connectivity index (χ4v) is 9.76. The van der Waals surface area contributed by atoms with Crippen LogP contribution in [0.2, 0.25) is 0 Å². The lowest BCUT2D eigenvalue weighted by Gasteiger charge is -2.40. The third kappa shape index (κ3) is 7.55. The molecular weight excluding hydrogens is 663 g/mol. The van der Waals surface area contributed by atoms with Crippen molar-refractivity contribution in [3.63, 3.8) is 0 Å². The standard InChI is InChI=1S/C44H55N5O4/c1-29(2)3-4-31-5-6-33-26-37(50)12-14-38(33)42(31)32-7-9-35(10-8-32)47-19-17-30(18-20-47)27-46-21-23-48(24-22-46)36-11-13-39-34(25-36)28-49(44(39)53)40-15-16-41(51)45-43(40)52/h7-14,25-26,29-31,40,42,50H,3-6,15-24,27-28H2,1-2H3,(H,45,51,52). The molecule has 2 N–H and O–H groups in total. The van der Waals surface area contributed by atoms with E-state index in [1.54, 1.807) is 4.90 Å². The van der Waals surface area contributed by atoms with Crippen LogP contribution in [0.3, 0.4) is 0 Å². The van der Waals surface area contributed by atoms with E-state index in [0.717, 1.165) is 63.5 Å². The summed E-state index contributed by atoms with van der Waals surface area (Å²) in [6, 6.07) is 21.0. The summed E-state index contributed by atoms with van der Waals surface area (Å²) in [6.45, 7) is 12.4. The molecule has 3 saturated heterocycles. The molecule has 8 rings (SSSR count). The van der Waals surface area contributed by atoms with E-state index < -0.39 is 6.04 Å². The van der Waals surface area contributed by atoms with Crippen LogP contribution in [0.1, 0.15) is 97.3 Å². The first-order chi connectivity index (χ1) is 25.7. The van der Waals surface area contributed by atoms with Gasteiger partial charge in [-0.3, -0.25) is 24.6 Å². The molecule has 0 saturated carbocycles. The highest BCUT2D eigenvalue weighted by atomic mass is 16.3. The number of aryl methyl sites for hydroxylation is 1. The molecule has 9 heteroatoms. The second-order valence-corrected chi connectivity index (χ2v) is 16.7. The second-order valence-electron chi connectivity index (χ2n) is 16.7. The Hall–Kier alpha value is -4.37. The van der Waals surface area contributed by atoms with Crippen LogP contribution in [0.4, 0.5) is 11.4 Å². The Kier molecular flexibility index (Phi) is 10.2. The number of imide groups is 1. The zero-order valence-corrected chi connectivity index (χ0v) is 31.4. The lowest BCUT2D eigenvalue weighted by molar-refractivity contribution is -0.136. The number of hydrogen-bond acceptors (Lipinski definition) is 7. The molecule has 3 aromatic carbocycles. The van der Waals surface area contributed by atoms with E-state index in [2.05, 4.69) is 70.3 Å². The maximum absolute atomic E-state index is 13.1. The summed E-state index contributed by atoms with van der Waals surface area (Å²) in [5, 5.41) is 12.6. The number of rotatable bonds is 9. The molecule has 1 aliphatic carbocycles. The van der Waals surface area contributed by atoms with Gasteiger partial charge in [-0.1, -0.05) is 38.5 Å². The number of carbonyl (C=O) groups excluding carboxylic acids is 3. The van der Waals surface area contributed by atoms with Crippen molar-refractivity contribution in [2.75, 3.05) is 55.6 Å². The number of piperazine rings is 1. The molecule has 3 aromatic rings. The van der Waals surface area contributed by atoms with Crippen LogP contribution < -0.4 is 15.1 Å². The summed E-state index contributed by atoms with van der Waals surface area (Å²) in [4.78, 5) is 46.5. The number of phenolic OH excluding ortho intramolecular Hbond substituents is 1. The molecule has 0 bridgehead atoms. The Balaban J connectivity index is 0.825. The van der Waals surface area contributed by atoms with E-state index in [1.165, 1.54) is 54.5 Å². The van der Waals surface area contributed by atoms with Crippen molar-refractivity contribution in [3.05, 3.63) is 88.5 Å². The van der Waals surface area contributed by atoms with Crippen molar-refractivity contribution in [2.24, 2.45) is 17.8 Å². The van der Waals surface area contributed by atoms with E-state index in [1.807, 2.05) is 24.3 Å². The number of phenols is 1. The summed E-state index contributed by atoms with van der Waals surface area (Å²) in [5.74, 6) is 2.07. The Bertz CT molecular complexity index is 1830. The summed E-state index contributed by atoms with van der Waals surface area (Å²) in [6.07, 6.45) is 7.80. The van der Waals surface area contributed by atoms with Gasteiger partial charge in [-0.25, -0.2) is 0 Å². The Labute approximate surface area is 314 Å². The first kappa shape index (κ1) is 35.6. The Morgan fingerprint density at radius 3 is 2.25 bits per heavy atom. The Morgan fingerprint density at radius 1 is 0.774 bits per heavy atom. The molecule has 3 unspecified atom stereocenters. The van der Waals surface area contributed by atoms with Crippen LogP contribution >= 0.6 is 0 Å². The maximum atomic E-state index is 13.1. The van der Waals surface area contributed by atoms with Crippen LogP contribution in [0.25, 0.3) is 0 Å². The normalized spacial score (nSPS) is 24.1. The molecule has 5 aliphatic rings. The molecule has 3 fully saturated rings. The van der Waals surface area contributed by atoms with Crippen LogP contribution in [0, 0.1) is 17.8 Å². The molecule has 0 aromatic heterocycles. The monoisotopic (exact) mass is 717 g/mol. The highest BCUT2D eigenvalue weighted by Crippen LogP contribution is 2.44. The van der Waals surface area contributed by atoms with Crippen LogP contribution in [-0.2, 0) is 22.6 Å². The number of piperidine rings is 2. The van der Waals surface area contributed by atoms with Crippen LogP contribution in [-0.4, -0.2) is 84.5 Å². The first-order valence-electron chi connectivity index (χ1n) is 20.1. The van der Waals surface area contributed by atoms with E-state index in [0.29, 0.717) is 48.0 Å². The lowest BCUT2D eigenvalue weighted by atomic mass is 9.70. The average molecular weight is 718 g/mol. The third-order valence-corrected chi connectivity index (χ3v) is 12.8. The second kappa shape index (κ2) is 15.2. The number of nitrogens with zero attached hydrogens (tertiary/aromatic N) is 4. The molecule has 9 nitrogen and oxygen atoms in total. The third-order valence-electron chi connectivity index (χ3n) is 12.8. The van der Waals surface area contributed by atoms with Crippen LogP contribution in [0.15, 0.2) is 60.7 Å². The fourth-order valence-electron chi connectivity index (χ4n) is 9.76. The predicted octanol–water partition coefficient (Wildman–Crippen LogP) is 6.32. The summed E-state index contributed by atoms with van der Waals surface area (Å²) in [5.41, 5.74) is 8.22. The van der Waals surface area contributed by atoms with Gasteiger partial charge in [-0.15, -0.1) is 0 Å². The molecule has 0 radical (unpaired) electrons. The zero-order valence-electron chi connectivity index (χ0n) is 31.4. The molecule has 0 spiro atoms. The van der Waals surface area contributed by atoms with Crippen LogP contribution in [0.5, 0.6) is 5.75 Å². The quantitative estimate of drug-likeness (QED) is 0.250. The van der Waals surface area contributed by atoms with Gasteiger partial charge in [0.05, 0.1) is 0 Å². The summed E-state index contributed by atoms with van der Waals surface area (Å²) in [7, 11) is 0. The number of anilines is 2. The number of nitrogens with one attached hydrogen (secondary N) is 1. The highest BCUT2D eigenvalue weighted by molar-refractivity contribution is 6.05. The Morgan fingerprint density at radius 2 is 1.51 bits per heavy atom. The van der Waals surface area contributed by atoms with E-state index >= 15 is 0 Å². The largest absolute Gasteiger partial charge is 0.508 e. The first-order valence-corrected chi connectivity index (χ1v) is 20.1. The number of benzene rings is 3. The van der Waals surface area contributed by atoms with Gasteiger partial charge < -0.3 is 19.8 Å². The van der Waals surface area contributed by atoms with Gasteiger partial charge in [0.1, 0.15) is 11.8 Å². The smallest absolute Gasteiger partial charge is 0.255 e. The lowest BCUT2D eigenvalue weighted by Crippen LogP contribution is -2.52. The van der Waals surface area contributed by atoms with Gasteiger partial charge in [0, 0.05) is 81.6 Å². The van der Waals surface area contributed by atoms with Crippen molar-refractivity contribution in [1.29, 1.82) is 0 Å². The zero-order chi connectivity index (χ0) is 36.6. The number of aromatic hydroxyl groups is 1. The molecule has 3 atom stereocenters. The summed E-state index contributed by atoms with van der Waals surface area (Å²) < 4.78 is 0. The minimum atomic E-state index is -0.582. The molecular formula is C44H55N5O4. The van der Waals surface area contributed by atoms with Crippen molar-refractivity contribution < 1.29 is 19.5 Å². The number of hydrogen-bond donors (Lipinski definition) is 2. The van der Waals surface area contributed by atoms with Gasteiger partial charge in [-0.2, -0.15) is 0 Å². The highest BCUT2D eigenvalue weighted by Gasteiger charge is 2.39. The van der Waals surface area contributed by atoms with Crippen molar-refractivity contribution in [3.8, 4) is 5.75 Å². The number of carbonyl (C=O) groups is 3. The van der Waals surface area contributed by atoms with E-state index in [9.17, 15) is 19.5 Å². The van der Waals surface area contributed by atoms with Crippen molar-refractivity contribution >= 4 is 29.1 Å². The molecule has 4 aliphatic heterocycles. The average Bonchev–Trinajstić information content (AvgIpc) is 3.49. The van der Waals surface area contributed by atoms with E-state index in [-0.39, 0.29) is 24.1 Å². The van der Waals surface area contributed by atoms with Gasteiger partial charge in [0.25, 0.3) is 5.91 Å². The minimum absolute atomic E-state index is 0.118. The maximum Gasteiger partial charge on any atom is 0.255 e. The molecule has 53 heavy (non-hydrogen) atoms. The predicted molar refractivity (Wildman–Crippen MR) is 208 cm³/mol. The summed E-state index contributed by atoms with van der Waals surface area (Å²) >= 11 is 0. The number of fused-ring (bicyclic) bond motifs is 2. The molecule has 4 heterocycles. The van der Waals surface area contributed by atoms with Crippen molar-refractivity contribution in [1.82, 2.24) is 15.1 Å². The van der Waals surface area contributed by atoms with Gasteiger partial charge in [-0.05, 0) is 121 Å². The molecule has 3 amide bonds. The fraction of sp³-hybridized carbons (Fsp3) is 0.523. The SMILES string of the molecule is CC(C)CCC1CCc2cc(O)ccc2C1c1ccc(N2CCC(CN3CCN(c4ccc5c(c4)CN(C4CCC(=O)NC4=O)C5=O)CC3)CC2)cc1. The van der Waals surface area contributed by atoms with Gasteiger partial charge >= 0.3 is 0 Å². The van der Waals surface area contributed by atoms with Gasteiger partial charge in [0.2, 0.25) is 11.8 Å². The number of amides is 3. The van der Waals surface area contributed by atoms with Gasteiger partial charge in [0.15, 0.2) is 0 Å².